The molecular weight excluding hydrogens is 278 g/mol. The van der Waals surface area contributed by atoms with Crippen LogP contribution in [-0.2, 0) is 0 Å². The molecule has 116 valence electrons. The van der Waals surface area contributed by atoms with Crippen LogP contribution in [0.15, 0.2) is 17.7 Å². The summed E-state index contributed by atoms with van der Waals surface area (Å²) in [7, 11) is 0. The van der Waals surface area contributed by atoms with Gasteiger partial charge in [0.1, 0.15) is 0 Å². The summed E-state index contributed by atoms with van der Waals surface area (Å²) in [6, 6.07) is 1.94. The molecule has 0 saturated carbocycles. The number of amides is 1. The molecule has 6 heteroatoms. The van der Waals surface area contributed by atoms with E-state index in [4.69, 9.17) is 0 Å². The predicted molar refractivity (Wildman–Crippen MR) is 83.7 cm³/mol. The van der Waals surface area contributed by atoms with Crippen molar-refractivity contribution in [3.05, 3.63) is 34.9 Å². The van der Waals surface area contributed by atoms with Crippen molar-refractivity contribution >= 4 is 11.7 Å². The molecule has 0 bridgehead atoms. The van der Waals surface area contributed by atoms with Crippen LogP contribution in [0, 0.1) is 13.8 Å². The first-order valence-corrected chi connectivity index (χ1v) is 7.75. The molecule has 0 aliphatic heterocycles. The minimum Gasteiger partial charge on any atom is -0.343 e. The Bertz CT molecular complexity index is 746. The summed E-state index contributed by atoms with van der Waals surface area (Å²) in [6.45, 7) is 5.85. The number of nitrogens with zero attached hydrogens (tertiary/aromatic N) is 4. The molecule has 2 aromatic heterocycles. The maximum absolute atomic E-state index is 12.5. The van der Waals surface area contributed by atoms with E-state index in [9.17, 15) is 4.79 Å². The van der Waals surface area contributed by atoms with Crippen LogP contribution in [0.1, 0.15) is 54.6 Å². The van der Waals surface area contributed by atoms with Crippen molar-refractivity contribution < 1.29 is 4.79 Å². The number of hydrogen-bond donors (Lipinski definition) is 1. The Balaban J connectivity index is 1.85. The van der Waals surface area contributed by atoms with Gasteiger partial charge in [-0.3, -0.25) is 9.20 Å². The normalized spacial score (nSPS) is 16.4. The fourth-order valence-corrected chi connectivity index (χ4v) is 2.99. The van der Waals surface area contributed by atoms with Crippen LogP contribution in [0.2, 0.25) is 0 Å². The Kier molecular flexibility index (Phi) is 3.92. The van der Waals surface area contributed by atoms with E-state index in [-0.39, 0.29) is 11.9 Å². The average Bonchev–Trinajstić information content (AvgIpc) is 2.92. The minimum atomic E-state index is -0.208. The van der Waals surface area contributed by atoms with Gasteiger partial charge < -0.3 is 5.32 Å². The highest BCUT2D eigenvalue weighted by Crippen LogP contribution is 2.20. The maximum atomic E-state index is 12.5. The summed E-state index contributed by atoms with van der Waals surface area (Å²) in [5, 5.41) is 11.0. The van der Waals surface area contributed by atoms with E-state index < -0.39 is 0 Å². The van der Waals surface area contributed by atoms with Gasteiger partial charge >= 0.3 is 0 Å². The quantitative estimate of drug-likeness (QED) is 0.883. The Hall–Kier alpha value is -2.24. The Labute approximate surface area is 129 Å². The molecule has 1 amide bonds. The van der Waals surface area contributed by atoms with Gasteiger partial charge in [0.05, 0.1) is 0 Å². The van der Waals surface area contributed by atoms with E-state index in [1.54, 1.807) is 4.40 Å². The zero-order valence-electron chi connectivity index (χ0n) is 13.3. The van der Waals surface area contributed by atoms with Crippen molar-refractivity contribution in [3.8, 4) is 0 Å². The number of allylic oxidation sites excluding steroid dienone is 1. The Morgan fingerprint density at radius 2 is 2.14 bits per heavy atom. The van der Waals surface area contributed by atoms with Gasteiger partial charge in [0.25, 0.3) is 11.7 Å². The molecule has 0 spiro atoms. The molecule has 22 heavy (non-hydrogen) atoms. The van der Waals surface area contributed by atoms with E-state index in [1.807, 2.05) is 26.8 Å². The van der Waals surface area contributed by atoms with E-state index >= 15 is 0 Å². The molecule has 1 aliphatic carbocycles. The number of carbonyl (C=O) groups excluding carboxylic acids is 1. The number of aromatic nitrogens is 4. The highest BCUT2D eigenvalue weighted by atomic mass is 16.2. The fraction of sp³-hybridized carbons (Fsp3) is 0.500. The Morgan fingerprint density at radius 1 is 1.32 bits per heavy atom. The van der Waals surface area contributed by atoms with E-state index in [0.717, 1.165) is 24.2 Å². The van der Waals surface area contributed by atoms with Gasteiger partial charge in [0, 0.05) is 17.4 Å². The van der Waals surface area contributed by atoms with Gasteiger partial charge in [-0.15, -0.1) is 10.2 Å². The summed E-state index contributed by atoms with van der Waals surface area (Å²) in [5.41, 5.74) is 3.08. The lowest BCUT2D eigenvalue weighted by Crippen LogP contribution is -2.35. The summed E-state index contributed by atoms with van der Waals surface area (Å²) in [6.07, 6.45) is 6.84. The van der Waals surface area contributed by atoms with Crippen LogP contribution in [0.5, 0.6) is 0 Å². The smallest absolute Gasteiger partial charge is 0.290 e. The lowest BCUT2D eigenvalue weighted by Gasteiger charge is -2.20. The molecule has 1 unspecified atom stereocenters. The third-order valence-corrected chi connectivity index (χ3v) is 4.13. The van der Waals surface area contributed by atoms with Crippen LogP contribution in [0.3, 0.4) is 0 Å². The van der Waals surface area contributed by atoms with Crippen LogP contribution < -0.4 is 5.32 Å². The Morgan fingerprint density at radius 3 is 2.86 bits per heavy atom. The SMILES string of the molecule is Cc1cc(C)n2c(C(=O)NC(C)C3=CCCCC3)nnc2n1. The monoisotopic (exact) mass is 299 g/mol. The van der Waals surface area contributed by atoms with Crippen molar-refractivity contribution in [2.24, 2.45) is 0 Å². The number of hydrogen-bond acceptors (Lipinski definition) is 4. The minimum absolute atomic E-state index is 0.0267. The molecule has 2 heterocycles. The molecular formula is C16H21N5O. The van der Waals surface area contributed by atoms with Gasteiger partial charge in [-0.2, -0.15) is 0 Å². The number of aryl methyl sites for hydroxylation is 2. The molecule has 0 aromatic carbocycles. The highest BCUT2D eigenvalue weighted by Gasteiger charge is 2.20. The lowest BCUT2D eigenvalue weighted by molar-refractivity contribution is 0.0932. The molecule has 1 atom stereocenters. The molecule has 1 N–H and O–H groups in total. The van der Waals surface area contributed by atoms with Gasteiger partial charge in [0.15, 0.2) is 0 Å². The zero-order valence-corrected chi connectivity index (χ0v) is 13.3. The predicted octanol–water partition coefficient (Wildman–Crippen LogP) is 2.36. The van der Waals surface area contributed by atoms with Crippen molar-refractivity contribution in [1.29, 1.82) is 0 Å². The van der Waals surface area contributed by atoms with Gasteiger partial charge in [-0.1, -0.05) is 11.6 Å². The molecule has 6 nitrogen and oxygen atoms in total. The van der Waals surface area contributed by atoms with Crippen molar-refractivity contribution in [2.75, 3.05) is 0 Å². The average molecular weight is 299 g/mol. The third kappa shape index (κ3) is 2.73. The number of nitrogens with one attached hydrogen (secondary N) is 1. The van der Waals surface area contributed by atoms with Crippen LogP contribution >= 0.6 is 0 Å². The number of fused-ring (bicyclic) bond motifs is 1. The van der Waals surface area contributed by atoms with Crippen molar-refractivity contribution in [2.45, 2.75) is 52.5 Å². The zero-order chi connectivity index (χ0) is 15.7. The first-order valence-electron chi connectivity index (χ1n) is 7.75. The molecule has 1 aliphatic rings. The molecule has 0 radical (unpaired) electrons. The van der Waals surface area contributed by atoms with E-state index in [1.165, 1.54) is 18.4 Å². The van der Waals surface area contributed by atoms with Gasteiger partial charge in [0.2, 0.25) is 5.82 Å². The van der Waals surface area contributed by atoms with Crippen molar-refractivity contribution in [3.63, 3.8) is 0 Å². The van der Waals surface area contributed by atoms with E-state index in [2.05, 4.69) is 26.6 Å². The molecule has 3 rings (SSSR count). The van der Waals surface area contributed by atoms with Crippen LogP contribution in [0.25, 0.3) is 5.78 Å². The van der Waals surface area contributed by atoms with Crippen molar-refractivity contribution in [1.82, 2.24) is 24.9 Å². The summed E-state index contributed by atoms with van der Waals surface area (Å²) in [5.74, 6) is 0.552. The van der Waals surface area contributed by atoms with E-state index in [0.29, 0.717) is 11.6 Å². The number of carbonyl (C=O) groups is 1. The second-order valence-corrected chi connectivity index (χ2v) is 5.92. The van der Waals surface area contributed by atoms with Gasteiger partial charge in [-0.05, 0) is 52.5 Å². The first kappa shape index (κ1) is 14.7. The summed E-state index contributed by atoms with van der Waals surface area (Å²) >= 11 is 0. The molecule has 0 saturated heterocycles. The standard InChI is InChI=1S/C16H21N5O/c1-10-9-11(2)21-14(19-20-16(21)17-10)15(22)18-12(3)13-7-5-4-6-8-13/h7,9,12H,4-6,8H2,1-3H3,(H,18,22). The van der Waals surface area contributed by atoms with Crippen LogP contribution in [-0.4, -0.2) is 31.5 Å². The molecule has 2 aromatic rings. The van der Waals surface area contributed by atoms with Crippen LogP contribution in [0.4, 0.5) is 0 Å². The topological polar surface area (TPSA) is 72.2 Å². The summed E-state index contributed by atoms with van der Waals surface area (Å²) in [4.78, 5) is 16.8. The fourth-order valence-electron chi connectivity index (χ4n) is 2.99. The lowest BCUT2D eigenvalue weighted by atomic mass is 9.95. The first-order chi connectivity index (χ1) is 10.6. The largest absolute Gasteiger partial charge is 0.343 e. The number of rotatable bonds is 3. The molecule has 0 fully saturated rings. The maximum Gasteiger partial charge on any atom is 0.290 e. The van der Waals surface area contributed by atoms with Gasteiger partial charge in [-0.25, -0.2) is 4.98 Å². The third-order valence-electron chi connectivity index (χ3n) is 4.13. The second kappa shape index (κ2) is 5.87. The second-order valence-electron chi connectivity index (χ2n) is 5.92. The summed E-state index contributed by atoms with van der Waals surface area (Å²) < 4.78 is 1.70. The highest BCUT2D eigenvalue weighted by molar-refractivity contribution is 5.91.